The van der Waals surface area contributed by atoms with Crippen LogP contribution < -0.4 is 5.32 Å². The van der Waals surface area contributed by atoms with Crippen LogP contribution in [0.5, 0.6) is 0 Å². The Bertz CT molecular complexity index is 650. The summed E-state index contributed by atoms with van der Waals surface area (Å²) in [6, 6.07) is 2.54. The summed E-state index contributed by atoms with van der Waals surface area (Å²) < 4.78 is 4.94. The van der Waals surface area contributed by atoms with E-state index in [-0.39, 0.29) is 24.8 Å². The molecule has 0 saturated carbocycles. The van der Waals surface area contributed by atoms with Crippen molar-refractivity contribution in [3.8, 4) is 0 Å². The number of allylic oxidation sites excluding steroid dienone is 1. The minimum Gasteiger partial charge on any atom is -0.459 e. The third kappa shape index (κ3) is 2.62. The molecule has 4 amide bonds. The first-order valence-electron chi connectivity index (χ1n) is 6.24. The van der Waals surface area contributed by atoms with Crippen LogP contribution in [0.15, 0.2) is 39.3 Å². The number of carbonyl (C=O) groups is 3. The topological polar surface area (TPSA) is 92.0 Å². The van der Waals surface area contributed by atoms with Gasteiger partial charge < -0.3 is 9.73 Å². The van der Waals surface area contributed by atoms with E-state index in [1.165, 1.54) is 24.1 Å². The molecule has 2 aliphatic rings. The monoisotopic (exact) mass is 305 g/mol. The number of nitrogens with one attached hydrogen (secondary N) is 1. The average Bonchev–Trinajstić information content (AvgIpc) is 3.12. The Balaban J connectivity index is 1.57. The van der Waals surface area contributed by atoms with E-state index in [1.807, 2.05) is 0 Å². The Kier molecular flexibility index (Phi) is 3.61. The lowest BCUT2D eigenvalue weighted by Crippen LogP contribution is -2.49. The van der Waals surface area contributed by atoms with Crippen LogP contribution in [0.1, 0.15) is 10.6 Å². The van der Waals surface area contributed by atoms with Crippen molar-refractivity contribution in [1.82, 2.24) is 10.2 Å². The first kappa shape index (κ1) is 13.6. The van der Waals surface area contributed by atoms with Gasteiger partial charge in [0.25, 0.3) is 5.91 Å². The van der Waals surface area contributed by atoms with E-state index >= 15 is 0 Å². The van der Waals surface area contributed by atoms with Crippen molar-refractivity contribution in [3.63, 3.8) is 0 Å². The lowest BCUT2D eigenvalue weighted by molar-refractivity contribution is -0.126. The zero-order valence-corrected chi connectivity index (χ0v) is 11.6. The van der Waals surface area contributed by atoms with Gasteiger partial charge in [-0.1, -0.05) is 0 Å². The molecule has 8 heteroatoms. The zero-order chi connectivity index (χ0) is 14.8. The molecule has 1 N–H and O–H groups in total. The van der Waals surface area contributed by atoms with E-state index < -0.39 is 17.2 Å². The molecule has 0 fully saturated rings. The molecule has 1 aromatic rings. The van der Waals surface area contributed by atoms with Gasteiger partial charge in [0.15, 0.2) is 5.76 Å². The van der Waals surface area contributed by atoms with Gasteiger partial charge in [-0.3, -0.25) is 14.5 Å². The molecule has 1 unspecified atom stereocenters. The molecule has 0 aliphatic carbocycles. The maximum absolute atomic E-state index is 12.2. The van der Waals surface area contributed by atoms with Crippen LogP contribution in [0, 0.1) is 0 Å². The largest absolute Gasteiger partial charge is 0.459 e. The van der Waals surface area contributed by atoms with E-state index in [0.29, 0.717) is 5.71 Å². The second-order valence-electron chi connectivity index (χ2n) is 4.36. The molecule has 108 valence electrons. The Labute approximate surface area is 124 Å². The fourth-order valence-corrected chi connectivity index (χ4v) is 2.90. The van der Waals surface area contributed by atoms with Gasteiger partial charge in [-0.05, 0) is 23.6 Å². The summed E-state index contributed by atoms with van der Waals surface area (Å²) in [5, 5.41) is 3.89. The number of fused-ring (bicyclic) bond motifs is 1. The Morgan fingerprint density at radius 3 is 3.10 bits per heavy atom. The third-order valence-corrected chi connectivity index (χ3v) is 4.04. The van der Waals surface area contributed by atoms with Gasteiger partial charge in [-0.2, -0.15) is 4.99 Å². The number of rotatable bonds is 4. The molecule has 0 bridgehead atoms. The van der Waals surface area contributed by atoms with Gasteiger partial charge in [0.05, 0.1) is 12.0 Å². The normalized spacial score (nSPS) is 20.5. The van der Waals surface area contributed by atoms with Gasteiger partial charge in [-0.15, -0.1) is 11.8 Å². The highest BCUT2D eigenvalue weighted by molar-refractivity contribution is 8.04. The predicted octanol–water partition coefficient (Wildman–Crippen LogP) is 1.04. The quantitative estimate of drug-likeness (QED) is 0.897. The molecule has 0 aromatic carbocycles. The van der Waals surface area contributed by atoms with Crippen LogP contribution in [-0.2, 0) is 4.79 Å². The number of aliphatic imine (C=N–C) groups is 1. The smallest absolute Gasteiger partial charge is 0.350 e. The fraction of sp³-hybridized carbons (Fsp3) is 0.231. The number of hydrogen-bond donors (Lipinski definition) is 1. The standard InChI is InChI=1S/C13H11N3O4S/c17-11(9-2-1-6-20-9)14-4-5-16-12(18)10-8(3-7-21-10)15-13(16)19/h1-3,6-7,10H,4-5H2,(H,14,17). The molecule has 0 radical (unpaired) electrons. The van der Waals surface area contributed by atoms with E-state index in [4.69, 9.17) is 4.42 Å². The van der Waals surface area contributed by atoms with Crippen molar-refractivity contribution >= 4 is 35.3 Å². The Hall–Kier alpha value is -2.35. The second kappa shape index (κ2) is 5.57. The summed E-state index contributed by atoms with van der Waals surface area (Å²) in [6.07, 6.45) is 3.06. The van der Waals surface area contributed by atoms with Crippen molar-refractivity contribution in [2.45, 2.75) is 5.25 Å². The van der Waals surface area contributed by atoms with E-state index in [2.05, 4.69) is 10.3 Å². The number of carbonyl (C=O) groups excluding carboxylic acids is 3. The molecule has 0 saturated heterocycles. The summed E-state index contributed by atoms with van der Waals surface area (Å²) in [4.78, 5) is 40.5. The van der Waals surface area contributed by atoms with E-state index in [0.717, 1.165) is 4.90 Å². The van der Waals surface area contributed by atoms with Crippen LogP contribution in [-0.4, -0.2) is 46.8 Å². The van der Waals surface area contributed by atoms with E-state index in [1.54, 1.807) is 17.6 Å². The molecule has 1 aromatic heterocycles. The highest BCUT2D eigenvalue weighted by Crippen LogP contribution is 2.27. The van der Waals surface area contributed by atoms with Crippen molar-refractivity contribution in [2.24, 2.45) is 4.99 Å². The highest BCUT2D eigenvalue weighted by Gasteiger charge is 2.38. The minimum absolute atomic E-state index is 0.0813. The second-order valence-corrected chi connectivity index (χ2v) is 5.38. The number of furan rings is 1. The van der Waals surface area contributed by atoms with Gasteiger partial charge in [0.1, 0.15) is 5.25 Å². The van der Waals surface area contributed by atoms with Crippen molar-refractivity contribution in [2.75, 3.05) is 13.1 Å². The zero-order valence-electron chi connectivity index (χ0n) is 10.8. The molecule has 21 heavy (non-hydrogen) atoms. The van der Waals surface area contributed by atoms with Gasteiger partial charge in [0.2, 0.25) is 5.91 Å². The van der Waals surface area contributed by atoms with Crippen LogP contribution >= 0.6 is 11.8 Å². The first-order chi connectivity index (χ1) is 10.2. The van der Waals surface area contributed by atoms with Crippen LogP contribution in [0.2, 0.25) is 0 Å². The Morgan fingerprint density at radius 2 is 2.33 bits per heavy atom. The van der Waals surface area contributed by atoms with Gasteiger partial charge in [-0.25, -0.2) is 4.79 Å². The number of imide groups is 1. The van der Waals surface area contributed by atoms with E-state index in [9.17, 15) is 14.4 Å². The molecule has 0 spiro atoms. The molecule has 7 nitrogen and oxygen atoms in total. The first-order valence-corrected chi connectivity index (χ1v) is 7.19. The molecule has 3 rings (SSSR count). The number of urea groups is 1. The fourth-order valence-electron chi connectivity index (χ4n) is 2.01. The van der Waals surface area contributed by atoms with Gasteiger partial charge >= 0.3 is 6.03 Å². The molecule has 3 heterocycles. The van der Waals surface area contributed by atoms with Crippen molar-refractivity contribution in [3.05, 3.63) is 35.6 Å². The lowest BCUT2D eigenvalue weighted by atomic mass is 10.2. The molecule has 2 aliphatic heterocycles. The predicted molar refractivity (Wildman–Crippen MR) is 76.1 cm³/mol. The van der Waals surface area contributed by atoms with Crippen LogP contribution in [0.25, 0.3) is 0 Å². The Morgan fingerprint density at radius 1 is 1.48 bits per heavy atom. The van der Waals surface area contributed by atoms with Crippen LogP contribution in [0.4, 0.5) is 4.79 Å². The molecule has 1 atom stereocenters. The number of hydrogen-bond acceptors (Lipinski definition) is 5. The summed E-state index contributed by atoms with van der Waals surface area (Å²) in [7, 11) is 0. The maximum atomic E-state index is 12.2. The number of amides is 4. The molecular formula is C13H11N3O4S. The number of nitrogens with zero attached hydrogens (tertiary/aromatic N) is 2. The highest BCUT2D eigenvalue weighted by atomic mass is 32.2. The SMILES string of the molecule is O=C(NCCN1C(=O)N=C2C=CSC2C1=O)c1ccco1. The minimum atomic E-state index is -0.592. The summed E-state index contributed by atoms with van der Waals surface area (Å²) >= 11 is 1.32. The molecular weight excluding hydrogens is 294 g/mol. The third-order valence-electron chi connectivity index (χ3n) is 3.03. The summed E-state index contributed by atoms with van der Waals surface area (Å²) in [5.74, 6) is -0.507. The van der Waals surface area contributed by atoms with Crippen molar-refractivity contribution in [1.29, 1.82) is 0 Å². The maximum Gasteiger partial charge on any atom is 0.350 e. The van der Waals surface area contributed by atoms with Crippen LogP contribution in [0.3, 0.4) is 0 Å². The summed E-state index contributed by atoms with van der Waals surface area (Å²) in [5.41, 5.74) is 0.492. The lowest BCUT2D eigenvalue weighted by Gasteiger charge is -2.25. The van der Waals surface area contributed by atoms with Gasteiger partial charge in [0, 0.05) is 13.1 Å². The number of thioether (sulfide) groups is 1. The summed E-state index contributed by atoms with van der Waals surface area (Å²) in [6.45, 7) is 0.227. The average molecular weight is 305 g/mol. The van der Waals surface area contributed by atoms with Crippen molar-refractivity contribution < 1.29 is 18.8 Å².